The zero-order valence-corrected chi connectivity index (χ0v) is 8.64. The maximum absolute atomic E-state index is 11.2. The topological polar surface area (TPSA) is 62.4 Å². The highest BCUT2D eigenvalue weighted by Gasteiger charge is 2.15. The summed E-state index contributed by atoms with van der Waals surface area (Å²) in [5.74, 6) is 0.0850. The molecule has 1 fully saturated rings. The first-order valence-corrected chi connectivity index (χ1v) is 5.02. The van der Waals surface area contributed by atoms with Gasteiger partial charge in [0.05, 0.1) is 6.61 Å². The van der Waals surface area contributed by atoms with E-state index in [1.807, 2.05) is 0 Å². The van der Waals surface area contributed by atoms with Crippen molar-refractivity contribution in [3.8, 4) is 0 Å². The molecule has 14 heavy (non-hydrogen) atoms. The second-order valence-corrected chi connectivity index (χ2v) is 3.40. The van der Waals surface area contributed by atoms with E-state index in [9.17, 15) is 4.79 Å². The lowest BCUT2D eigenvalue weighted by molar-refractivity contribution is -0.121. The van der Waals surface area contributed by atoms with Gasteiger partial charge in [-0.1, -0.05) is 0 Å². The summed E-state index contributed by atoms with van der Waals surface area (Å²) in [6, 6.07) is 0.557. The Morgan fingerprint density at radius 1 is 1.50 bits per heavy atom. The van der Waals surface area contributed by atoms with Crippen LogP contribution in [0, 0.1) is 0 Å². The van der Waals surface area contributed by atoms with E-state index in [2.05, 4.69) is 16.0 Å². The zero-order valence-electron chi connectivity index (χ0n) is 8.64. The molecule has 0 aliphatic carbocycles. The number of rotatable bonds is 7. The Morgan fingerprint density at radius 2 is 2.29 bits per heavy atom. The molecule has 1 heterocycles. The Balaban J connectivity index is 1.86. The minimum atomic E-state index is 0.0850. The summed E-state index contributed by atoms with van der Waals surface area (Å²) < 4.78 is 4.82. The normalized spacial score (nSPS) is 16.4. The average Bonchev–Trinajstić information content (AvgIpc) is 2.10. The van der Waals surface area contributed by atoms with Crippen LogP contribution in [0.5, 0.6) is 0 Å². The Kier molecular flexibility index (Phi) is 5.51. The van der Waals surface area contributed by atoms with Crippen molar-refractivity contribution in [2.75, 3.05) is 39.9 Å². The first-order valence-electron chi connectivity index (χ1n) is 5.02. The minimum absolute atomic E-state index is 0.0850. The molecular weight excluding hydrogens is 182 g/mol. The molecule has 0 aromatic rings. The van der Waals surface area contributed by atoms with E-state index in [0.29, 0.717) is 25.6 Å². The third-order valence-corrected chi connectivity index (χ3v) is 2.19. The number of hydrogen-bond acceptors (Lipinski definition) is 4. The Labute approximate surface area is 84.6 Å². The number of carbonyl (C=O) groups excluding carboxylic acids is 1. The van der Waals surface area contributed by atoms with Crippen molar-refractivity contribution in [3.63, 3.8) is 0 Å². The van der Waals surface area contributed by atoms with Gasteiger partial charge < -0.3 is 20.7 Å². The third-order valence-electron chi connectivity index (χ3n) is 2.19. The predicted octanol–water partition coefficient (Wildman–Crippen LogP) is -1.30. The van der Waals surface area contributed by atoms with Crippen LogP contribution in [0.3, 0.4) is 0 Å². The molecule has 1 aliphatic heterocycles. The highest BCUT2D eigenvalue weighted by atomic mass is 16.5. The monoisotopic (exact) mass is 201 g/mol. The van der Waals surface area contributed by atoms with E-state index >= 15 is 0 Å². The van der Waals surface area contributed by atoms with Gasteiger partial charge in [-0.05, 0) is 0 Å². The second kappa shape index (κ2) is 6.75. The molecule has 1 saturated heterocycles. The molecule has 1 aliphatic rings. The molecule has 5 nitrogen and oxygen atoms in total. The van der Waals surface area contributed by atoms with Gasteiger partial charge in [-0.15, -0.1) is 0 Å². The summed E-state index contributed by atoms with van der Waals surface area (Å²) in [4.78, 5) is 11.2. The molecule has 1 rings (SSSR count). The third kappa shape index (κ3) is 4.55. The van der Waals surface area contributed by atoms with Gasteiger partial charge >= 0.3 is 0 Å². The summed E-state index contributed by atoms with van der Waals surface area (Å²) in [5.41, 5.74) is 0. The maximum Gasteiger partial charge on any atom is 0.221 e. The lowest BCUT2D eigenvalue weighted by Gasteiger charge is -2.27. The molecule has 0 unspecified atom stereocenters. The van der Waals surface area contributed by atoms with Gasteiger partial charge in [0.25, 0.3) is 0 Å². The maximum atomic E-state index is 11.2. The van der Waals surface area contributed by atoms with E-state index < -0.39 is 0 Å². The number of methoxy groups -OCH3 is 1. The molecule has 82 valence electrons. The molecule has 0 spiro atoms. The fourth-order valence-electron chi connectivity index (χ4n) is 1.20. The number of ether oxygens (including phenoxy) is 1. The largest absolute Gasteiger partial charge is 0.383 e. The van der Waals surface area contributed by atoms with Crippen molar-refractivity contribution >= 4 is 5.91 Å². The van der Waals surface area contributed by atoms with Crippen LogP contribution < -0.4 is 16.0 Å². The van der Waals surface area contributed by atoms with Crippen LogP contribution >= 0.6 is 0 Å². The SMILES string of the molecule is COCCNC(=O)CCNC1CNC1. The van der Waals surface area contributed by atoms with Crippen molar-refractivity contribution in [1.82, 2.24) is 16.0 Å². The van der Waals surface area contributed by atoms with Crippen molar-refractivity contribution in [3.05, 3.63) is 0 Å². The number of amides is 1. The standard InChI is InChI=1S/C9H19N3O2/c1-14-5-4-12-9(13)2-3-11-8-6-10-7-8/h8,10-11H,2-7H2,1H3,(H,12,13). The van der Waals surface area contributed by atoms with Crippen molar-refractivity contribution in [2.45, 2.75) is 12.5 Å². The van der Waals surface area contributed by atoms with Crippen LogP contribution in [0.4, 0.5) is 0 Å². The van der Waals surface area contributed by atoms with Gasteiger partial charge in [0.2, 0.25) is 5.91 Å². The quantitative estimate of drug-likeness (QED) is 0.448. The smallest absolute Gasteiger partial charge is 0.221 e. The summed E-state index contributed by atoms with van der Waals surface area (Å²) in [7, 11) is 1.62. The Morgan fingerprint density at radius 3 is 2.86 bits per heavy atom. The van der Waals surface area contributed by atoms with Crippen molar-refractivity contribution < 1.29 is 9.53 Å². The van der Waals surface area contributed by atoms with Crippen LogP contribution in [-0.2, 0) is 9.53 Å². The summed E-state index contributed by atoms with van der Waals surface area (Å²) in [6.45, 7) is 3.97. The lowest BCUT2D eigenvalue weighted by Crippen LogP contribution is -2.55. The van der Waals surface area contributed by atoms with E-state index in [1.54, 1.807) is 7.11 Å². The predicted molar refractivity (Wildman–Crippen MR) is 54.2 cm³/mol. The molecule has 0 aromatic heterocycles. The number of carbonyl (C=O) groups is 1. The number of hydrogen-bond donors (Lipinski definition) is 3. The molecule has 1 amide bonds. The van der Waals surface area contributed by atoms with Crippen LogP contribution in [0.15, 0.2) is 0 Å². The first kappa shape index (κ1) is 11.4. The van der Waals surface area contributed by atoms with Crippen LogP contribution in [0.2, 0.25) is 0 Å². The molecule has 0 bridgehead atoms. The molecule has 0 aromatic carbocycles. The fraction of sp³-hybridized carbons (Fsp3) is 0.889. The van der Waals surface area contributed by atoms with Crippen molar-refractivity contribution in [1.29, 1.82) is 0 Å². The fourth-order valence-corrected chi connectivity index (χ4v) is 1.20. The van der Waals surface area contributed by atoms with Gasteiger partial charge in [-0.25, -0.2) is 0 Å². The van der Waals surface area contributed by atoms with Gasteiger partial charge in [0.15, 0.2) is 0 Å². The lowest BCUT2D eigenvalue weighted by atomic mass is 10.2. The summed E-state index contributed by atoms with van der Waals surface area (Å²) >= 11 is 0. The summed E-state index contributed by atoms with van der Waals surface area (Å²) in [6.07, 6.45) is 0.542. The zero-order chi connectivity index (χ0) is 10.2. The van der Waals surface area contributed by atoms with Crippen LogP contribution in [-0.4, -0.2) is 51.8 Å². The molecular formula is C9H19N3O2. The Hall–Kier alpha value is -0.650. The highest BCUT2D eigenvalue weighted by molar-refractivity contribution is 5.76. The van der Waals surface area contributed by atoms with E-state index in [1.165, 1.54) is 0 Å². The van der Waals surface area contributed by atoms with E-state index in [0.717, 1.165) is 19.6 Å². The van der Waals surface area contributed by atoms with Gasteiger partial charge in [-0.3, -0.25) is 4.79 Å². The molecule has 3 N–H and O–H groups in total. The second-order valence-electron chi connectivity index (χ2n) is 3.40. The Bertz CT molecular complexity index is 171. The minimum Gasteiger partial charge on any atom is -0.383 e. The number of nitrogens with one attached hydrogen (secondary N) is 3. The van der Waals surface area contributed by atoms with E-state index in [-0.39, 0.29) is 5.91 Å². The first-order chi connectivity index (χ1) is 6.83. The molecule has 0 radical (unpaired) electrons. The summed E-state index contributed by atoms with van der Waals surface area (Å²) in [5, 5.41) is 9.22. The molecule has 0 saturated carbocycles. The molecule has 0 atom stereocenters. The van der Waals surface area contributed by atoms with Gasteiger partial charge in [-0.2, -0.15) is 0 Å². The van der Waals surface area contributed by atoms with Crippen LogP contribution in [0.1, 0.15) is 6.42 Å². The van der Waals surface area contributed by atoms with Crippen LogP contribution in [0.25, 0.3) is 0 Å². The highest BCUT2D eigenvalue weighted by Crippen LogP contribution is 1.90. The van der Waals surface area contributed by atoms with Gasteiger partial charge in [0.1, 0.15) is 0 Å². The van der Waals surface area contributed by atoms with E-state index in [4.69, 9.17) is 4.74 Å². The molecule has 5 heteroatoms. The average molecular weight is 201 g/mol. The van der Waals surface area contributed by atoms with Gasteiger partial charge in [0, 0.05) is 45.8 Å². The van der Waals surface area contributed by atoms with Crippen molar-refractivity contribution in [2.24, 2.45) is 0 Å².